The predicted molar refractivity (Wildman–Crippen MR) is 104 cm³/mol. The molecule has 2 amide bonds. The molecule has 136 valence electrons. The van der Waals surface area contributed by atoms with Gasteiger partial charge in [0, 0.05) is 12.2 Å². The fourth-order valence-electron chi connectivity index (χ4n) is 3.12. The summed E-state index contributed by atoms with van der Waals surface area (Å²) < 4.78 is 0. The Kier molecular flexibility index (Phi) is 5.40. The summed E-state index contributed by atoms with van der Waals surface area (Å²) in [6, 6.07) is 16.0. The summed E-state index contributed by atoms with van der Waals surface area (Å²) in [5.74, 6) is -0.333. The molecule has 1 saturated carbocycles. The Balaban J connectivity index is 1.52. The van der Waals surface area contributed by atoms with E-state index in [1.54, 1.807) is 0 Å². The summed E-state index contributed by atoms with van der Waals surface area (Å²) in [5, 5.41) is 5.90. The Morgan fingerprint density at radius 2 is 1.69 bits per heavy atom. The second-order valence-corrected chi connectivity index (χ2v) is 7.13. The third-order valence-electron chi connectivity index (χ3n) is 5.24. The molecule has 0 saturated heterocycles. The quantitative estimate of drug-likeness (QED) is 0.590. The van der Waals surface area contributed by atoms with Crippen molar-refractivity contribution < 1.29 is 9.59 Å². The van der Waals surface area contributed by atoms with Crippen molar-refractivity contribution >= 4 is 17.5 Å². The van der Waals surface area contributed by atoms with E-state index in [0.717, 1.165) is 29.7 Å². The molecule has 0 spiro atoms. The van der Waals surface area contributed by atoms with Crippen LogP contribution in [-0.2, 0) is 16.0 Å². The molecule has 0 unspecified atom stereocenters. The number of nitrogens with one attached hydrogen (secondary N) is 2. The fraction of sp³-hybridized carbons (Fsp3) is 0.364. The van der Waals surface area contributed by atoms with Crippen molar-refractivity contribution in [3.05, 3.63) is 65.2 Å². The normalized spacial score (nSPS) is 14.5. The highest BCUT2D eigenvalue weighted by molar-refractivity contribution is 6.13. The molecule has 3 rings (SSSR count). The lowest BCUT2D eigenvalue weighted by atomic mass is 10.0. The van der Waals surface area contributed by atoms with Crippen LogP contribution in [0.25, 0.3) is 0 Å². The van der Waals surface area contributed by atoms with Crippen molar-refractivity contribution in [3.63, 3.8) is 0 Å². The van der Waals surface area contributed by atoms with E-state index in [-0.39, 0.29) is 11.8 Å². The number of anilines is 1. The van der Waals surface area contributed by atoms with Gasteiger partial charge in [0.05, 0.1) is 0 Å². The van der Waals surface area contributed by atoms with E-state index in [0.29, 0.717) is 19.4 Å². The van der Waals surface area contributed by atoms with Crippen LogP contribution in [0, 0.1) is 19.3 Å². The summed E-state index contributed by atoms with van der Waals surface area (Å²) >= 11 is 0. The van der Waals surface area contributed by atoms with Crippen molar-refractivity contribution in [3.8, 4) is 0 Å². The molecule has 0 radical (unpaired) electrons. The van der Waals surface area contributed by atoms with Crippen molar-refractivity contribution in [2.24, 2.45) is 5.41 Å². The van der Waals surface area contributed by atoms with Crippen LogP contribution in [0.2, 0.25) is 0 Å². The number of hydrogen-bond donors (Lipinski definition) is 2. The molecule has 1 fully saturated rings. The van der Waals surface area contributed by atoms with E-state index in [1.807, 2.05) is 50.2 Å². The zero-order valence-corrected chi connectivity index (χ0v) is 15.5. The van der Waals surface area contributed by atoms with Gasteiger partial charge in [0.25, 0.3) is 0 Å². The fourth-order valence-corrected chi connectivity index (χ4v) is 3.12. The van der Waals surface area contributed by atoms with Gasteiger partial charge in [-0.1, -0.05) is 42.5 Å². The number of rotatable bonds is 7. The number of carbonyl (C=O) groups is 2. The Morgan fingerprint density at radius 1 is 0.962 bits per heavy atom. The number of hydrogen-bond acceptors (Lipinski definition) is 2. The minimum atomic E-state index is -0.886. The van der Waals surface area contributed by atoms with E-state index < -0.39 is 5.41 Å². The van der Waals surface area contributed by atoms with Crippen molar-refractivity contribution in [1.82, 2.24) is 5.32 Å². The van der Waals surface area contributed by atoms with Gasteiger partial charge >= 0.3 is 0 Å². The van der Waals surface area contributed by atoms with E-state index in [1.165, 1.54) is 5.56 Å². The van der Waals surface area contributed by atoms with Gasteiger partial charge < -0.3 is 10.6 Å². The summed E-state index contributed by atoms with van der Waals surface area (Å²) in [5.41, 5.74) is 3.33. The first-order valence-electron chi connectivity index (χ1n) is 9.23. The zero-order chi connectivity index (χ0) is 18.6. The molecule has 2 aromatic rings. The molecule has 2 aromatic carbocycles. The highest BCUT2D eigenvalue weighted by Crippen LogP contribution is 2.47. The van der Waals surface area contributed by atoms with Crippen molar-refractivity contribution in [1.29, 1.82) is 0 Å². The lowest BCUT2D eigenvalue weighted by molar-refractivity contribution is -0.134. The highest BCUT2D eigenvalue weighted by atomic mass is 16.2. The van der Waals surface area contributed by atoms with Gasteiger partial charge in [-0.25, -0.2) is 0 Å². The van der Waals surface area contributed by atoms with Gasteiger partial charge in [0.1, 0.15) is 5.41 Å². The zero-order valence-electron chi connectivity index (χ0n) is 15.5. The third-order valence-corrected chi connectivity index (χ3v) is 5.24. The van der Waals surface area contributed by atoms with E-state index in [2.05, 4.69) is 22.8 Å². The van der Waals surface area contributed by atoms with Crippen LogP contribution in [-0.4, -0.2) is 18.4 Å². The average Bonchev–Trinajstić information content (AvgIpc) is 3.45. The minimum absolute atomic E-state index is 0.145. The maximum Gasteiger partial charge on any atom is 0.240 e. The van der Waals surface area contributed by atoms with Crippen LogP contribution in [0.15, 0.2) is 48.5 Å². The number of benzene rings is 2. The molecule has 0 atom stereocenters. The van der Waals surface area contributed by atoms with Crippen molar-refractivity contribution in [2.45, 2.75) is 39.5 Å². The van der Waals surface area contributed by atoms with E-state index >= 15 is 0 Å². The molecule has 26 heavy (non-hydrogen) atoms. The molecular weight excluding hydrogens is 324 g/mol. The molecule has 0 aromatic heterocycles. The smallest absolute Gasteiger partial charge is 0.240 e. The summed E-state index contributed by atoms with van der Waals surface area (Å²) in [6.45, 7) is 4.58. The van der Waals surface area contributed by atoms with Gasteiger partial charge in [-0.05, 0) is 62.3 Å². The topological polar surface area (TPSA) is 58.2 Å². The first kappa shape index (κ1) is 18.2. The van der Waals surface area contributed by atoms with Gasteiger partial charge in [-0.15, -0.1) is 0 Å². The van der Waals surface area contributed by atoms with Gasteiger partial charge in [-0.3, -0.25) is 9.59 Å². The van der Waals surface area contributed by atoms with Gasteiger partial charge in [-0.2, -0.15) is 0 Å². The minimum Gasteiger partial charge on any atom is -0.355 e. The molecule has 0 bridgehead atoms. The molecule has 1 aliphatic rings. The molecule has 1 aliphatic carbocycles. The summed E-state index contributed by atoms with van der Waals surface area (Å²) in [7, 11) is 0. The van der Waals surface area contributed by atoms with E-state index in [4.69, 9.17) is 0 Å². The Labute approximate surface area is 155 Å². The second-order valence-electron chi connectivity index (χ2n) is 7.13. The molecule has 4 nitrogen and oxygen atoms in total. The van der Waals surface area contributed by atoms with Gasteiger partial charge in [0.2, 0.25) is 11.8 Å². The van der Waals surface area contributed by atoms with E-state index in [9.17, 15) is 9.59 Å². The first-order valence-corrected chi connectivity index (χ1v) is 9.23. The standard InChI is InChI=1S/C22H26N2O2/c1-16-8-6-12-19(17(16)2)24-21(26)22(13-14-22)20(25)23-15-7-11-18-9-4-3-5-10-18/h3-6,8-10,12H,7,11,13-15H2,1-2H3,(H,23,25)(H,24,26). The predicted octanol–water partition coefficient (Wildman–Crippen LogP) is 3.77. The number of aryl methyl sites for hydroxylation is 2. The van der Waals surface area contributed by atoms with Crippen molar-refractivity contribution in [2.75, 3.05) is 11.9 Å². The van der Waals surface area contributed by atoms with Crippen LogP contribution >= 0.6 is 0 Å². The molecular formula is C22H26N2O2. The Morgan fingerprint density at radius 3 is 2.38 bits per heavy atom. The Bertz CT molecular complexity index is 795. The largest absolute Gasteiger partial charge is 0.355 e. The average molecular weight is 350 g/mol. The lowest BCUT2D eigenvalue weighted by Crippen LogP contribution is -2.40. The van der Waals surface area contributed by atoms with Crippen LogP contribution in [0.4, 0.5) is 5.69 Å². The molecule has 2 N–H and O–H groups in total. The second kappa shape index (κ2) is 7.73. The number of amides is 2. The van der Waals surface area contributed by atoms with Gasteiger partial charge in [0.15, 0.2) is 0 Å². The highest BCUT2D eigenvalue weighted by Gasteiger charge is 2.56. The summed E-state index contributed by atoms with van der Waals surface area (Å²) in [4.78, 5) is 25.2. The monoisotopic (exact) mass is 350 g/mol. The number of carbonyl (C=O) groups excluding carboxylic acids is 2. The maximum atomic E-state index is 12.7. The summed E-state index contributed by atoms with van der Waals surface area (Å²) in [6.07, 6.45) is 3.02. The Hall–Kier alpha value is -2.62. The molecule has 0 heterocycles. The van der Waals surface area contributed by atoms with Crippen LogP contribution in [0.5, 0.6) is 0 Å². The third kappa shape index (κ3) is 3.96. The SMILES string of the molecule is Cc1cccc(NC(=O)C2(C(=O)NCCCc3ccccc3)CC2)c1C. The lowest BCUT2D eigenvalue weighted by Gasteiger charge is -2.17. The maximum absolute atomic E-state index is 12.7. The molecule has 4 heteroatoms. The first-order chi connectivity index (χ1) is 12.5. The van der Waals surface area contributed by atoms with Crippen LogP contribution in [0.3, 0.4) is 0 Å². The van der Waals surface area contributed by atoms with Crippen LogP contribution in [0.1, 0.15) is 36.0 Å². The van der Waals surface area contributed by atoms with Crippen LogP contribution < -0.4 is 10.6 Å². The molecule has 0 aliphatic heterocycles.